The number of hydrogen-bond acceptors (Lipinski definition) is 6. The molecule has 3 fully saturated rings. The van der Waals surface area contributed by atoms with Gasteiger partial charge < -0.3 is 15.2 Å². The first-order chi connectivity index (χ1) is 29.8. The van der Waals surface area contributed by atoms with Crippen molar-refractivity contribution in [3.8, 4) is 0 Å². The predicted octanol–water partition coefficient (Wildman–Crippen LogP) is 7.75. The third-order valence-electron chi connectivity index (χ3n) is 14.9. The molecule has 6 heterocycles. The Morgan fingerprint density at radius 3 is 2.18 bits per heavy atom. The summed E-state index contributed by atoms with van der Waals surface area (Å²) in [5.41, 5.74) is 5.46. The number of carbonyl (C=O) groups excluding carboxylic acids is 4. The second-order valence-corrected chi connectivity index (χ2v) is 18.6. The number of rotatable bonds is 7. The number of benzene rings is 3. The van der Waals surface area contributed by atoms with Gasteiger partial charge in [0.05, 0.1) is 23.7 Å². The van der Waals surface area contributed by atoms with Crippen LogP contribution in [0.1, 0.15) is 119 Å². The zero-order valence-corrected chi connectivity index (χ0v) is 34.8. The van der Waals surface area contributed by atoms with Gasteiger partial charge in [-0.2, -0.15) is 0 Å². The highest BCUT2D eigenvalue weighted by molar-refractivity contribution is 6.23. The number of likely N-dealkylation sites (tertiary alicyclic amines) is 1. The number of fused-ring (bicyclic) bond motifs is 5. The molecular weight excluding hydrogens is 801 g/mol. The van der Waals surface area contributed by atoms with Crippen molar-refractivity contribution < 1.29 is 36.7 Å². The van der Waals surface area contributed by atoms with Gasteiger partial charge in [-0.1, -0.05) is 24.8 Å². The maximum Gasteiger partial charge on any atom is 0.262 e. The minimum Gasteiger partial charge on any atom is -0.357 e. The second-order valence-electron chi connectivity index (χ2n) is 18.6. The van der Waals surface area contributed by atoms with E-state index >= 15 is 8.78 Å². The van der Waals surface area contributed by atoms with Crippen LogP contribution in [0.3, 0.4) is 0 Å². The molecule has 5 aliphatic heterocycles. The van der Waals surface area contributed by atoms with Gasteiger partial charge in [0.15, 0.2) is 0 Å². The van der Waals surface area contributed by atoms with E-state index < -0.39 is 54.4 Å². The molecule has 2 unspecified atom stereocenters. The zero-order valence-electron chi connectivity index (χ0n) is 34.8. The molecule has 0 radical (unpaired) electrons. The van der Waals surface area contributed by atoms with Gasteiger partial charge in [-0.05, 0) is 136 Å². The molecule has 1 spiro atoms. The summed E-state index contributed by atoms with van der Waals surface area (Å²) in [7, 11) is 0. The van der Waals surface area contributed by atoms with E-state index in [0.717, 1.165) is 84.1 Å². The fourth-order valence-electron chi connectivity index (χ4n) is 11.5. The monoisotopic (exact) mass is 850 g/mol. The fourth-order valence-corrected chi connectivity index (χ4v) is 11.5. The number of para-hydroxylation sites is 1. The minimum absolute atomic E-state index is 0.0836. The number of hydrogen-bond donors (Lipinski definition) is 2. The van der Waals surface area contributed by atoms with Crippen LogP contribution >= 0.6 is 0 Å². The first kappa shape index (κ1) is 40.7. The average Bonchev–Trinajstić information content (AvgIpc) is 3.90. The lowest BCUT2D eigenvalue weighted by molar-refractivity contribution is -0.138. The fraction of sp³-hybridized carbons (Fsp3) is 0.458. The highest BCUT2D eigenvalue weighted by Gasteiger charge is 2.46. The Kier molecular flexibility index (Phi) is 10.2. The number of H-pyrrole nitrogens is 1. The lowest BCUT2D eigenvalue weighted by Crippen LogP contribution is -2.51. The van der Waals surface area contributed by atoms with Crippen LogP contribution in [-0.2, 0) is 35.6 Å². The van der Waals surface area contributed by atoms with E-state index in [2.05, 4.69) is 21.8 Å². The van der Waals surface area contributed by atoms with Crippen LogP contribution in [0.2, 0.25) is 0 Å². The molecule has 4 aromatic rings. The van der Waals surface area contributed by atoms with E-state index in [1.54, 1.807) is 12.1 Å². The molecular formula is C48H50F4N6O4. The molecule has 14 heteroatoms. The third kappa shape index (κ3) is 6.93. The summed E-state index contributed by atoms with van der Waals surface area (Å²) in [5.74, 6) is -2.89. The van der Waals surface area contributed by atoms with Gasteiger partial charge in [0.1, 0.15) is 17.7 Å². The number of aromatic amines is 1. The standard InChI is InChI=1S/C48H50F4N6O4/c1-26-7-8-39(44(59)53-26)58-46(61)34-20-30-23-56(24-31(30)21-35(34)47(58)62)45(60)29-9-11-48(12-10-29)13-15-55(16-14-48)22-28-18-36(49)41(37(50)19-28)43-42-33(17-27(2)57(43)25-40(51)52)32-5-3-4-6-38(32)54-42/h3-6,18-21,27,29,39-40,43,54H,1,7-17,22-25H2,2H3,(H,53,59)/t27-,39?,43?/m1/s1. The van der Waals surface area contributed by atoms with Gasteiger partial charge in [-0.15, -0.1) is 0 Å². The first-order valence-corrected chi connectivity index (χ1v) is 21.9. The summed E-state index contributed by atoms with van der Waals surface area (Å²) in [6, 6.07) is 11.5. The summed E-state index contributed by atoms with van der Waals surface area (Å²) >= 11 is 0. The lowest BCUT2D eigenvalue weighted by atomic mass is 9.65. The van der Waals surface area contributed by atoms with E-state index in [1.165, 1.54) is 17.0 Å². The number of aromatic nitrogens is 1. The van der Waals surface area contributed by atoms with Crippen LogP contribution in [0.25, 0.3) is 10.9 Å². The number of amides is 4. The smallest absolute Gasteiger partial charge is 0.262 e. The zero-order chi connectivity index (χ0) is 43.2. The van der Waals surface area contributed by atoms with Gasteiger partial charge in [0, 0.05) is 59.5 Å². The molecule has 62 heavy (non-hydrogen) atoms. The third-order valence-corrected chi connectivity index (χ3v) is 14.9. The van der Waals surface area contributed by atoms with Crippen molar-refractivity contribution in [1.29, 1.82) is 0 Å². The summed E-state index contributed by atoms with van der Waals surface area (Å²) in [4.78, 5) is 63.3. The number of piperidine rings is 2. The molecule has 1 aromatic heterocycles. The quantitative estimate of drug-likeness (QED) is 0.146. The second kappa shape index (κ2) is 15.5. The number of alkyl halides is 2. The molecule has 1 saturated carbocycles. The van der Waals surface area contributed by atoms with E-state index in [-0.39, 0.29) is 40.0 Å². The van der Waals surface area contributed by atoms with Crippen molar-refractivity contribution >= 4 is 34.5 Å². The van der Waals surface area contributed by atoms with Crippen LogP contribution in [0.4, 0.5) is 17.6 Å². The van der Waals surface area contributed by atoms with Crippen LogP contribution in [0, 0.1) is 23.0 Å². The van der Waals surface area contributed by atoms with Gasteiger partial charge in [0.25, 0.3) is 18.2 Å². The molecule has 4 amide bonds. The predicted molar refractivity (Wildman–Crippen MR) is 223 cm³/mol. The highest BCUT2D eigenvalue weighted by Crippen LogP contribution is 2.48. The van der Waals surface area contributed by atoms with E-state index in [9.17, 15) is 28.0 Å². The van der Waals surface area contributed by atoms with Gasteiger partial charge >= 0.3 is 0 Å². The lowest BCUT2D eigenvalue weighted by Gasteiger charge is -2.46. The molecule has 2 N–H and O–H groups in total. The summed E-state index contributed by atoms with van der Waals surface area (Å²) < 4.78 is 60.3. The number of carbonyl (C=O) groups is 4. The Morgan fingerprint density at radius 2 is 1.55 bits per heavy atom. The molecule has 3 aromatic carbocycles. The van der Waals surface area contributed by atoms with Crippen LogP contribution in [0.15, 0.2) is 60.8 Å². The molecule has 1 aliphatic carbocycles. The van der Waals surface area contributed by atoms with Crippen molar-refractivity contribution in [3.05, 3.63) is 117 Å². The summed E-state index contributed by atoms with van der Waals surface area (Å²) in [5, 5.41) is 3.59. The number of nitrogens with zero attached hydrogens (tertiary/aromatic N) is 4. The van der Waals surface area contributed by atoms with Gasteiger partial charge in [-0.25, -0.2) is 17.6 Å². The number of allylic oxidation sites excluding steroid dienone is 1. The Balaban J connectivity index is 0.756. The maximum atomic E-state index is 16.2. The van der Waals surface area contributed by atoms with E-state index in [0.29, 0.717) is 55.9 Å². The molecule has 6 aliphatic rings. The molecule has 10 rings (SSSR count). The largest absolute Gasteiger partial charge is 0.357 e. The SMILES string of the molecule is C=C1CCC(N2C(=O)c3cc4c(cc3C2=O)CN(C(=O)C2CCC3(CC2)CCN(Cc2cc(F)c(C5c6[nH]c7ccccc7c6C[C@@H](C)N5CC(F)F)c(F)c2)CC3)C4)C(=O)N1. The Labute approximate surface area is 357 Å². The summed E-state index contributed by atoms with van der Waals surface area (Å²) in [6.45, 7) is 7.62. The topological polar surface area (TPSA) is 109 Å². The van der Waals surface area contributed by atoms with Gasteiger partial charge in [-0.3, -0.25) is 33.9 Å². The van der Waals surface area contributed by atoms with E-state index in [4.69, 9.17) is 0 Å². The van der Waals surface area contributed by atoms with Gasteiger partial charge in [0.2, 0.25) is 11.8 Å². The molecule has 10 nitrogen and oxygen atoms in total. The Hall–Kier alpha value is -5.34. The molecule has 3 atom stereocenters. The summed E-state index contributed by atoms with van der Waals surface area (Å²) in [6.07, 6.45) is 3.83. The average molecular weight is 851 g/mol. The maximum absolute atomic E-state index is 16.2. The van der Waals surface area contributed by atoms with Crippen molar-refractivity contribution in [3.63, 3.8) is 0 Å². The Morgan fingerprint density at radius 1 is 0.903 bits per heavy atom. The number of nitrogens with one attached hydrogen (secondary N) is 2. The molecule has 324 valence electrons. The van der Waals surface area contributed by atoms with E-state index in [1.807, 2.05) is 36.1 Å². The van der Waals surface area contributed by atoms with Crippen molar-refractivity contribution in [2.24, 2.45) is 11.3 Å². The number of halogens is 4. The highest BCUT2D eigenvalue weighted by atomic mass is 19.3. The van der Waals surface area contributed by atoms with Crippen LogP contribution in [-0.4, -0.2) is 86.4 Å². The Bertz CT molecular complexity index is 2470. The number of imide groups is 1. The normalized spacial score (nSPS) is 24.3. The minimum atomic E-state index is -2.67. The van der Waals surface area contributed by atoms with Crippen molar-refractivity contribution in [2.45, 2.75) is 109 Å². The van der Waals surface area contributed by atoms with Crippen molar-refractivity contribution in [2.75, 3.05) is 19.6 Å². The molecule has 0 bridgehead atoms. The van der Waals surface area contributed by atoms with Crippen molar-refractivity contribution in [1.82, 2.24) is 29.9 Å². The molecule has 2 saturated heterocycles. The van der Waals surface area contributed by atoms with Crippen LogP contribution < -0.4 is 5.32 Å². The first-order valence-electron chi connectivity index (χ1n) is 21.9. The van der Waals surface area contributed by atoms with Crippen LogP contribution in [0.5, 0.6) is 0 Å².